The SMILES string of the molecule is CSc1cc(Br)cc(/C=C/CN)c1. The van der Waals surface area contributed by atoms with Gasteiger partial charge in [0.2, 0.25) is 0 Å². The predicted molar refractivity (Wildman–Crippen MR) is 64.0 cm³/mol. The average molecular weight is 258 g/mol. The summed E-state index contributed by atoms with van der Waals surface area (Å²) in [4.78, 5) is 1.26. The third kappa shape index (κ3) is 3.55. The Labute approximate surface area is 91.5 Å². The molecule has 0 aromatic heterocycles. The Morgan fingerprint density at radius 2 is 2.23 bits per heavy atom. The molecule has 0 amide bonds. The van der Waals surface area contributed by atoms with Crippen molar-refractivity contribution in [1.82, 2.24) is 0 Å². The van der Waals surface area contributed by atoms with Crippen molar-refractivity contribution in [2.75, 3.05) is 12.8 Å². The molecule has 1 rings (SSSR count). The minimum atomic E-state index is 0.584. The molecule has 0 aliphatic rings. The molecule has 0 saturated carbocycles. The molecule has 1 aromatic rings. The van der Waals surface area contributed by atoms with E-state index in [0.29, 0.717) is 6.54 Å². The molecule has 13 heavy (non-hydrogen) atoms. The molecule has 1 nitrogen and oxygen atoms in total. The second-order valence-electron chi connectivity index (χ2n) is 2.56. The highest BCUT2D eigenvalue weighted by atomic mass is 79.9. The standard InChI is InChI=1S/C10H12BrNS/c1-13-10-6-8(3-2-4-12)5-9(11)7-10/h2-3,5-7H,4,12H2,1H3/b3-2+. The van der Waals surface area contributed by atoms with E-state index in [4.69, 9.17) is 5.73 Å². The van der Waals surface area contributed by atoms with Gasteiger partial charge >= 0.3 is 0 Å². The van der Waals surface area contributed by atoms with Crippen LogP contribution in [0.4, 0.5) is 0 Å². The molecule has 0 heterocycles. The maximum absolute atomic E-state index is 5.38. The summed E-state index contributed by atoms with van der Waals surface area (Å²) in [6.45, 7) is 0.584. The number of halogens is 1. The van der Waals surface area contributed by atoms with Crippen LogP contribution >= 0.6 is 27.7 Å². The van der Waals surface area contributed by atoms with Crippen LogP contribution in [0.1, 0.15) is 5.56 Å². The Morgan fingerprint density at radius 1 is 1.46 bits per heavy atom. The number of rotatable bonds is 3. The largest absolute Gasteiger partial charge is 0.327 e. The number of benzene rings is 1. The molecule has 0 aliphatic heterocycles. The van der Waals surface area contributed by atoms with Gasteiger partial charge in [0, 0.05) is 15.9 Å². The molecule has 3 heteroatoms. The second kappa shape index (κ2) is 5.47. The summed E-state index contributed by atoms with van der Waals surface area (Å²) in [5, 5.41) is 0. The van der Waals surface area contributed by atoms with E-state index in [1.165, 1.54) is 10.5 Å². The summed E-state index contributed by atoms with van der Waals surface area (Å²) in [5.41, 5.74) is 6.57. The van der Waals surface area contributed by atoms with Gasteiger partial charge in [-0.05, 0) is 30.0 Å². The summed E-state index contributed by atoms with van der Waals surface area (Å²) in [7, 11) is 0. The quantitative estimate of drug-likeness (QED) is 0.843. The zero-order chi connectivity index (χ0) is 9.68. The minimum Gasteiger partial charge on any atom is -0.327 e. The van der Waals surface area contributed by atoms with Gasteiger partial charge in [-0.1, -0.05) is 28.1 Å². The summed E-state index contributed by atoms with van der Waals surface area (Å²) >= 11 is 5.20. The molecule has 0 bridgehead atoms. The minimum absolute atomic E-state index is 0.584. The highest BCUT2D eigenvalue weighted by molar-refractivity contribution is 9.10. The Hall–Kier alpha value is -0.250. The summed E-state index contributed by atoms with van der Waals surface area (Å²) in [5.74, 6) is 0. The van der Waals surface area contributed by atoms with E-state index in [-0.39, 0.29) is 0 Å². The van der Waals surface area contributed by atoms with Crippen molar-refractivity contribution in [3.8, 4) is 0 Å². The maximum Gasteiger partial charge on any atom is 0.0192 e. The first-order chi connectivity index (χ1) is 6.26. The first kappa shape index (κ1) is 10.8. The van der Waals surface area contributed by atoms with Crippen LogP contribution in [0.15, 0.2) is 33.6 Å². The van der Waals surface area contributed by atoms with E-state index >= 15 is 0 Å². The van der Waals surface area contributed by atoms with Crippen LogP contribution in [0, 0.1) is 0 Å². The number of thioether (sulfide) groups is 1. The van der Waals surface area contributed by atoms with Crippen LogP contribution in [0.3, 0.4) is 0 Å². The molecule has 0 spiro atoms. The smallest absolute Gasteiger partial charge is 0.0192 e. The van der Waals surface area contributed by atoms with Gasteiger partial charge in [0.05, 0.1) is 0 Å². The fourth-order valence-corrected chi connectivity index (χ4v) is 2.16. The summed E-state index contributed by atoms with van der Waals surface area (Å²) in [6, 6.07) is 6.32. The highest BCUT2D eigenvalue weighted by Crippen LogP contribution is 2.23. The highest BCUT2D eigenvalue weighted by Gasteiger charge is 1.95. The Balaban J connectivity index is 2.94. The van der Waals surface area contributed by atoms with Gasteiger partial charge in [0.25, 0.3) is 0 Å². The van der Waals surface area contributed by atoms with E-state index in [2.05, 4.69) is 40.4 Å². The predicted octanol–water partition coefficient (Wildman–Crippen LogP) is 3.14. The fourth-order valence-electron chi connectivity index (χ4n) is 1.00. The van der Waals surface area contributed by atoms with Crippen molar-refractivity contribution in [2.45, 2.75) is 4.90 Å². The van der Waals surface area contributed by atoms with Gasteiger partial charge < -0.3 is 5.73 Å². The number of nitrogens with two attached hydrogens (primary N) is 1. The van der Waals surface area contributed by atoms with Crippen LogP contribution in [0.2, 0.25) is 0 Å². The molecule has 1 aromatic carbocycles. The molecular weight excluding hydrogens is 246 g/mol. The molecule has 0 saturated heterocycles. The molecule has 0 radical (unpaired) electrons. The van der Waals surface area contributed by atoms with Crippen molar-refractivity contribution in [3.63, 3.8) is 0 Å². The third-order valence-corrected chi connectivity index (χ3v) is 2.74. The van der Waals surface area contributed by atoms with Gasteiger partial charge in [0.1, 0.15) is 0 Å². The van der Waals surface area contributed by atoms with E-state index in [1.807, 2.05) is 12.2 Å². The van der Waals surface area contributed by atoms with Gasteiger partial charge in [0.15, 0.2) is 0 Å². The van der Waals surface area contributed by atoms with Crippen molar-refractivity contribution in [2.24, 2.45) is 5.73 Å². The fraction of sp³-hybridized carbons (Fsp3) is 0.200. The summed E-state index contributed by atoms with van der Waals surface area (Å²) < 4.78 is 1.11. The molecule has 0 fully saturated rings. The maximum atomic E-state index is 5.38. The average Bonchev–Trinajstić information content (AvgIpc) is 2.14. The normalized spacial score (nSPS) is 11.0. The molecule has 2 N–H and O–H groups in total. The van der Waals surface area contributed by atoms with Gasteiger partial charge in [-0.2, -0.15) is 0 Å². The van der Waals surface area contributed by atoms with Crippen molar-refractivity contribution < 1.29 is 0 Å². The summed E-state index contributed by atoms with van der Waals surface area (Å²) in [6.07, 6.45) is 6.05. The lowest BCUT2D eigenvalue weighted by Crippen LogP contribution is -1.91. The molecule has 70 valence electrons. The second-order valence-corrected chi connectivity index (χ2v) is 4.36. The molecule has 0 aliphatic carbocycles. The number of hydrogen-bond acceptors (Lipinski definition) is 2. The van der Waals surface area contributed by atoms with Crippen molar-refractivity contribution in [3.05, 3.63) is 34.3 Å². The topological polar surface area (TPSA) is 26.0 Å². The van der Waals surface area contributed by atoms with Gasteiger partial charge in [-0.25, -0.2) is 0 Å². The lowest BCUT2D eigenvalue weighted by atomic mass is 10.2. The Kier molecular flexibility index (Phi) is 4.56. The van der Waals surface area contributed by atoms with Crippen LogP contribution in [-0.4, -0.2) is 12.8 Å². The monoisotopic (exact) mass is 257 g/mol. The zero-order valence-corrected chi connectivity index (χ0v) is 9.86. The zero-order valence-electron chi connectivity index (χ0n) is 7.46. The molecule has 0 atom stereocenters. The van der Waals surface area contributed by atoms with Gasteiger partial charge in [-0.15, -0.1) is 11.8 Å². The lowest BCUT2D eigenvalue weighted by molar-refractivity contribution is 1.26. The van der Waals surface area contributed by atoms with E-state index < -0.39 is 0 Å². The lowest BCUT2D eigenvalue weighted by Gasteiger charge is -2.00. The van der Waals surface area contributed by atoms with Crippen LogP contribution in [0.25, 0.3) is 6.08 Å². The Bertz CT molecular complexity index is 310. The van der Waals surface area contributed by atoms with Crippen molar-refractivity contribution in [1.29, 1.82) is 0 Å². The van der Waals surface area contributed by atoms with E-state index in [1.54, 1.807) is 11.8 Å². The van der Waals surface area contributed by atoms with Crippen molar-refractivity contribution >= 4 is 33.8 Å². The molecular formula is C10H12BrNS. The number of hydrogen-bond donors (Lipinski definition) is 1. The van der Waals surface area contributed by atoms with Crippen LogP contribution in [-0.2, 0) is 0 Å². The van der Waals surface area contributed by atoms with E-state index in [0.717, 1.165) is 4.47 Å². The van der Waals surface area contributed by atoms with Gasteiger partial charge in [-0.3, -0.25) is 0 Å². The van der Waals surface area contributed by atoms with E-state index in [9.17, 15) is 0 Å². The molecule has 0 unspecified atom stereocenters. The van der Waals surface area contributed by atoms with Crippen LogP contribution < -0.4 is 5.73 Å². The first-order valence-electron chi connectivity index (χ1n) is 3.97. The van der Waals surface area contributed by atoms with Crippen LogP contribution in [0.5, 0.6) is 0 Å². The third-order valence-electron chi connectivity index (χ3n) is 1.58. The first-order valence-corrected chi connectivity index (χ1v) is 5.99. The Morgan fingerprint density at radius 3 is 2.85 bits per heavy atom.